The van der Waals surface area contributed by atoms with Gasteiger partial charge < -0.3 is 5.32 Å². The molecule has 0 spiro atoms. The van der Waals surface area contributed by atoms with Gasteiger partial charge in [0.1, 0.15) is 0 Å². The van der Waals surface area contributed by atoms with Crippen LogP contribution in [0.3, 0.4) is 0 Å². The first-order chi connectivity index (χ1) is 8.34. The van der Waals surface area contributed by atoms with Crippen LogP contribution in [0.15, 0.2) is 18.2 Å². The van der Waals surface area contributed by atoms with E-state index in [4.69, 9.17) is 0 Å². The van der Waals surface area contributed by atoms with E-state index in [1.807, 2.05) is 0 Å². The molecule has 18 heavy (non-hydrogen) atoms. The molecule has 1 rings (SSSR count). The Hall–Kier alpha value is -0.960. The third kappa shape index (κ3) is 4.37. The molecule has 0 aliphatic heterocycles. The van der Waals surface area contributed by atoms with Gasteiger partial charge in [0.2, 0.25) is 5.91 Å². The zero-order valence-corrected chi connectivity index (χ0v) is 12.6. The number of hydrogen-bond acceptors (Lipinski definition) is 2. The van der Waals surface area contributed by atoms with Crippen LogP contribution >= 0.6 is 12.6 Å². The summed E-state index contributed by atoms with van der Waals surface area (Å²) in [6, 6.07) is 6.48. The topological polar surface area (TPSA) is 29.1 Å². The molecule has 1 amide bonds. The summed E-state index contributed by atoms with van der Waals surface area (Å²) in [6.07, 6.45) is 0.473. The van der Waals surface area contributed by atoms with Crippen molar-refractivity contribution in [1.29, 1.82) is 0 Å². The molecule has 3 heteroatoms. The minimum Gasteiger partial charge on any atom is -0.352 e. The fourth-order valence-electron chi connectivity index (χ4n) is 1.71. The van der Waals surface area contributed by atoms with E-state index in [1.165, 1.54) is 16.7 Å². The SMILES string of the molecule is Cc1ccc(C(C)(C)C)cc1CNC(=O)CCS. The third-order valence-electron chi connectivity index (χ3n) is 3.03. The number of amides is 1. The van der Waals surface area contributed by atoms with Crippen molar-refractivity contribution < 1.29 is 4.79 Å². The van der Waals surface area contributed by atoms with Gasteiger partial charge in [-0.1, -0.05) is 39.0 Å². The van der Waals surface area contributed by atoms with Crippen molar-refractivity contribution in [3.05, 3.63) is 34.9 Å². The maximum Gasteiger partial charge on any atom is 0.221 e. The van der Waals surface area contributed by atoms with Crippen molar-refractivity contribution >= 4 is 18.5 Å². The number of thiol groups is 1. The van der Waals surface area contributed by atoms with Crippen molar-refractivity contribution in [3.63, 3.8) is 0 Å². The van der Waals surface area contributed by atoms with Gasteiger partial charge in [-0.2, -0.15) is 12.6 Å². The maximum absolute atomic E-state index is 11.4. The molecule has 0 bridgehead atoms. The van der Waals surface area contributed by atoms with E-state index in [0.717, 1.165) is 0 Å². The average molecular weight is 265 g/mol. The van der Waals surface area contributed by atoms with Crippen molar-refractivity contribution in [2.75, 3.05) is 5.75 Å². The van der Waals surface area contributed by atoms with Crippen molar-refractivity contribution in [1.82, 2.24) is 5.32 Å². The number of carbonyl (C=O) groups excluding carboxylic acids is 1. The van der Waals surface area contributed by atoms with Crippen molar-refractivity contribution in [2.24, 2.45) is 0 Å². The van der Waals surface area contributed by atoms with Gasteiger partial charge in [0.15, 0.2) is 0 Å². The Kier molecular flexibility index (Phi) is 5.27. The lowest BCUT2D eigenvalue weighted by Crippen LogP contribution is -2.23. The molecule has 1 aromatic rings. The van der Waals surface area contributed by atoms with Gasteiger partial charge in [-0.3, -0.25) is 4.79 Å². The maximum atomic E-state index is 11.4. The molecule has 0 aromatic heterocycles. The van der Waals surface area contributed by atoms with Crippen LogP contribution in [-0.2, 0) is 16.8 Å². The molecular weight excluding hydrogens is 242 g/mol. The van der Waals surface area contributed by atoms with Gasteiger partial charge in [0, 0.05) is 13.0 Å². The van der Waals surface area contributed by atoms with Gasteiger partial charge in [-0.05, 0) is 34.8 Å². The number of carbonyl (C=O) groups is 1. The van der Waals surface area contributed by atoms with Crippen molar-refractivity contribution in [2.45, 2.75) is 46.1 Å². The molecule has 100 valence electrons. The fourth-order valence-corrected chi connectivity index (χ4v) is 1.92. The molecule has 1 aromatic carbocycles. The second-order valence-corrected chi connectivity index (χ2v) is 6.09. The van der Waals surface area contributed by atoms with E-state index in [2.05, 4.69) is 63.8 Å². The van der Waals surface area contributed by atoms with Gasteiger partial charge in [0.25, 0.3) is 0 Å². The molecule has 0 saturated carbocycles. The predicted octanol–water partition coefficient (Wildman–Crippen LogP) is 3.23. The molecule has 0 heterocycles. The standard InChI is InChI=1S/C15H23NOS/c1-11-5-6-13(15(2,3)4)9-12(11)10-16-14(17)7-8-18/h5-6,9,18H,7-8,10H2,1-4H3,(H,16,17). The zero-order valence-electron chi connectivity index (χ0n) is 11.7. The van der Waals surface area contributed by atoms with Crippen LogP contribution in [0.4, 0.5) is 0 Å². The Bertz CT molecular complexity index is 421. The monoisotopic (exact) mass is 265 g/mol. The Labute approximate surface area is 116 Å². The summed E-state index contributed by atoms with van der Waals surface area (Å²) in [4.78, 5) is 11.4. The van der Waals surface area contributed by atoms with E-state index in [9.17, 15) is 4.79 Å². The summed E-state index contributed by atoms with van der Waals surface area (Å²) in [5.41, 5.74) is 3.84. The lowest BCUT2D eigenvalue weighted by atomic mass is 9.85. The van der Waals surface area contributed by atoms with Crippen LogP contribution in [0.2, 0.25) is 0 Å². The lowest BCUT2D eigenvalue weighted by molar-refractivity contribution is -0.120. The number of benzene rings is 1. The van der Waals surface area contributed by atoms with E-state index >= 15 is 0 Å². The largest absolute Gasteiger partial charge is 0.352 e. The van der Waals surface area contributed by atoms with Gasteiger partial charge >= 0.3 is 0 Å². The van der Waals surface area contributed by atoms with Gasteiger partial charge in [-0.25, -0.2) is 0 Å². The summed E-state index contributed by atoms with van der Waals surface area (Å²) < 4.78 is 0. The van der Waals surface area contributed by atoms with Gasteiger partial charge in [-0.15, -0.1) is 0 Å². The highest BCUT2D eigenvalue weighted by Gasteiger charge is 2.14. The molecule has 0 radical (unpaired) electrons. The first-order valence-corrected chi connectivity index (χ1v) is 6.95. The number of aryl methyl sites for hydroxylation is 1. The normalized spacial score (nSPS) is 11.4. The molecule has 0 fully saturated rings. The van der Waals surface area contributed by atoms with E-state index in [-0.39, 0.29) is 11.3 Å². The van der Waals surface area contributed by atoms with E-state index in [1.54, 1.807) is 0 Å². The van der Waals surface area contributed by atoms with E-state index in [0.29, 0.717) is 18.7 Å². The van der Waals surface area contributed by atoms with Crippen LogP contribution in [-0.4, -0.2) is 11.7 Å². The molecule has 0 saturated heterocycles. The first-order valence-electron chi connectivity index (χ1n) is 6.32. The quantitative estimate of drug-likeness (QED) is 0.804. The van der Waals surface area contributed by atoms with Crippen LogP contribution < -0.4 is 5.32 Å². The summed E-state index contributed by atoms with van der Waals surface area (Å²) in [6.45, 7) is 9.26. The summed E-state index contributed by atoms with van der Waals surface area (Å²) in [7, 11) is 0. The van der Waals surface area contributed by atoms with Crippen LogP contribution in [0.1, 0.15) is 43.9 Å². The second-order valence-electron chi connectivity index (χ2n) is 5.64. The highest BCUT2D eigenvalue weighted by molar-refractivity contribution is 7.80. The summed E-state index contributed by atoms with van der Waals surface area (Å²) >= 11 is 4.05. The fraction of sp³-hybridized carbons (Fsp3) is 0.533. The lowest BCUT2D eigenvalue weighted by Gasteiger charge is -2.21. The van der Waals surface area contributed by atoms with Crippen LogP contribution in [0.25, 0.3) is 0 Å². The first kappa shape index (κ1) is 15.1. The smallest absolute Gasteiger partial charge is 0.221 e. The number of hydrogen-bond donors (Lipinski definition) is 2. The molecular formula is C15H23NOS. The third-order valence-corrected chi connectivity index (χ3v) is 3.25. The minimum absolute atomic E-state index is 0.0607. The number of nitrogens with one attached hydrogen (secondary N) is 1. The number of rotatable bonds is 4. The Morgan fingerprint density at radius 3 is 2.56 bits per heavy atom. The second kappa shape index (κ2) is 6.28. The van der Waals surface area contributed by atoms with E-state index < -0.39 is 0 Å². The zero-order chi connectivity index (χ0) is 13.8. The summed E-state index contributed by atoms with van der Waals surface area (Å²) in [5, 5.41) is 2.93. The predicted molar refractivity (Wildman–Crippen MR) is 80.2 cm³/mol. The highest BCUT2D eigenvalue weighted by Crippen LogP contribution is 2.24. The molecule has 1 N–H and O–H groups in total. The molecule has 0 atom stereocenters. The molecule has 0 unspecified atom stereocenters. The Balaban J connectivity index is 2.79. The summed E-state index contributed by atoms with van der Waals surface area (Å²) in [5.74, 6) is 0.651. The Morgan fingerprint density at radius 1 is 1.33 bits per heavy atom. The van der Waals surface area contributed by atoms with Crippen molar-refractivity contribution in [3.8, 4) is 0 Å². The molecule has 0 aliphatic rings. The van der Waals surface area contributed by atoms with Crippen LogP contribution in [0.5, 0.6) is 0 Å². The van der Waals surface area contributed by atoms with Gasteiger partial charge in [0.05, 0.1) is 0 Å². The average Bonchev–Trinajstić information content (AvgIpc) is 2.26. The van der Waals surface area contributed by atoms with Crippen LogP contribution in [0, 0.1) is 6.92 Å². The highest BCUT2D eigenvalue weighted by atomic mass is 32.1. The molecule has 2 nitrogen and oxygen atoms in total. The Morgan fingerprint density at radius 2 is 2.00 bits per heavy atom. The minimum atomic E-state index is 0.0607. The molecule has 0 aliphatic carbocycles.